The number of nitrogens with two attached hydrogens (primary N) is 1. The number of rotatable bonds is 6. The van der Waals surface area contributed by atoms with Crippen LogP contribution < -0.4 is 14.8 Å². The van der Waals surface area contributed by atoms with E-state index < -0.39 is 22.9 Å². The second kappa shape index (κ2) is 6.31. The van der Waals surface area contributed by atoms with Crippen molar-refractivity contribution in [2.45, 2.75) is 19.5 Å². The summed E-state index contributed by atoms with van der Waals surface area (Å²) >= 11 is 0. The average Bonchev–Trinajstić information content (AvgIpc) is 2.34. The zero-order valence-electron chi connectivity index (χ0n) is 10.8. The Kier molecular flexibility index (Phi) is 5.23. The van der Waals surface area contributed by atoms with Crippen molar-refractivity contribution in [2.24, 2.45) is 0 Å². The van der Waals surface area contributed by atoms with Crippen LogP contribution in [0.15, 0.2) is 24.3 Å². The van der Waals surface area contributed by atoms with Gasteiger partial charge in [0.05, 0.1) is 11.4 Å². The first-order valence-corrected chi connectivity index (χ1v) is 7.30. The molecule has 3 N–H and O–H groups in total. The van der Waals surface area contributed by atoms with Crippen LogP contribution in [0.4, 0.5) is 24.5 Å². The monoisotopic (exact) mass is 311 g/mol. The topological polar surface area (TPSA) is 75.4 Å². The maximum atomic E-state index is 12.1. The van der Waals surface area contributed by atoms with Gasteiger partial charge in [-0.3, -0.25) is 4.31 Å². The number of hydrogen-bond donors (Lipinski definition) is 2. The first-order chi connectivity index (χ1) is 9.17. The second-order valence-corrected chi connectivity index (χ2v) is 5.75. The predicted molar refractivity (Wildman–Crippen MR) is 71.5 cm³/mol. The molecule has 1 rings (SSSR count). The number of halogens is 3. The SMILES string of the molecule is CCCN(c1ccccc1N)S(=O)(=O)NCC(F)(F)F. The largest absolute Gasteiger partial charge is 0.402 e. The summed E-state index contributed by atoms with van der Waals surface area (Å²) in [4.78, 5) is 0. The van der Waals surface area contributed by atoms with E-state index in [9.17, 15) is 21.6 Å². The molecule has 0 aliphatic heterocycles. The van der Waals surface area contributed by atoms with E-state index in [1.807, 2.05) is 0 Å². The van der Waals surface area contributed by atoms with E-state index >= 15 is 0 Å². The molecule has 0 radical (unpaired) electrons. The van der Waals surface area contributed by atoms with Crippen LogP contribution in [0, 0.1) is 0 Å². The molecule has 20 heavy (non-hydrogen) atoms. The van der Waals surface area contributed by atoms with Crippen molar-refractivity contribution in [3.05, 3.63) is 24.3 Å². The van der Waals surface area contributed by atoms with Crippen molar-refractivity contribution in [1.82, 2.24) is 4.72 Å². The first-order valence-electron chi connectivity index (χ1n) is 5.86. The Labute approximate surface area is 115 Å². The minimum atomic E-state index is -4.62. The third-order valence-corrected chi connectivity index (χ3v) is 3.85. The second-order valence-electron chi connectivity index (χ2n) is 4.07. The zero-order chi connectivity index (χ0) is 15.4. The summed E-state index contributed by atoms with van der Waals surface area (Å²) in [5.41, 5.74) is 6.01. The van der Waals surface area contributed by atoms with Gasteiger partial charge >= 0.3 is 16.4 Å². The third-order valence-electron chi connectivity index (χ3n) is 2.38. The number of para-hydroxylation sites is 2. The Hall–Kier alpha value is -1.48. The molecular weight excluding hydrogens is 295 g/mol. The van der Waals surface area contributed by atoms with E-state index in [4.69, 9.17) is 5.73 Å². The molecule has 0 heterocycles. The fraction of sp³-hybridized carbons (Fsp3) is 0.455. The molecule has 0 spiro atoms. The number of benzene rings is 1. The molecule has 1 aromatic rings. The summed E-state index contributed by atoms with van der Waals surface area (Å²) in [7, 11) is -4.31. The van der Waals surface area contributed by atoms with Crippen molar-refractivity contribution in [2.75, 3.05) is 23.1 Å². The molecule has 9 heteroatoms. The predicted octanol–water partition coefficient (Wildman–Crippen LogP) is 1.88. The molecule has 5 nitrogen and oxygen atoms in total. The Morgan fingerprint density at radius 1 is 1.30 bits per heavy atom. The molecule has 0 amide bonds. The van der Waals surface area contributed by atoms with Crippen molar-refractivity contribution in [1.29, 1.82) is 0 Å². The highest BCUT2D eigenvalue weighted by molar-refractivity contribution is 7.90. The Morgan fingerprint density at radius 2 is 1.90 bits per heavy atom. The minimum absolute atomic E-state index is 0.0292. The lowest BCUT2D eigenvalue weighted by molar-refractivity contribution is -0.121. The van der Waals surface area contributed by atoms with Crippen molar-refractivity contribution in [3.8, 4) is 0 Å². The molecule has 114 valence electrons. The molecule has 0 fully saturated rings. The van der Waals surface area contributed by atoms with Gasteiger partial charge in [0.1, 0.15) is 6.54 Å². The van der Waals surface area contributed by atoms with Crippen molar-refractivity contribution < 1.29 is 21.6 Å². The standard InChI is InChI=1S/C11H16F3N3O2S/c1-2-7-17(10-6-4-3-5-9(10)15)20(18,19)16-8-11(12,13)14/h3-6,16H,2,7-8,15H2,1H3. The molecule has 0 bridgehead atoms. The number of nitrogen functional groups attached to an aromatic ring is 1. The maximum Gasteiger partial charge on any atom is 0.402 e. The highest BCUT2D eigenvalue weighted by Crippen LogP contribution is 2.25. The van der Waals surface area contributed by atoms with Crippen LogP contribution in [0.5, 0.6) is 0 Å². The number of nitrogens with zero attached hydrogens (tertiary/aromatic N) is 1. The zero-order valence-corrected chi connectivity index (χ0v) is 11.6. The molecule has 0 aliphatic rings. The Balaban J connectivity index is 3.04. The van der Waals surface area contributed by atoms with Crippen molar-refractivity contribution in [3.63, 3.8) is 0 Å². The molecule has 0 saturated heterocycles. The fourth-order valence-electron chi connectivity index (χ4n) is 1.54. The van der Waals surface area contributed by atoms with E-state index in [1.165, 1.54) is 16.9 Å². The highest BCUT2D eigenvalue weighted by atomic mass is 32.2. The highest BCUT2D eigenvalue weighted by Gasteiger charge is 2.32. The van der Waals surface area contributed by atoms with E-state index in [0.29, 0.717) is 6.42 Å². The lowest BCUT2D eigenvalue weighted by Gasteiger charge is -2.25. The summed E-state index contributed by atoms with van der Waals surface area (Å²) in [5, 5.41) is 0. The van der Waals surface area contributed by atoms with Gasteiger partial charge < -0.3 is 5.73 Å². The van der Waals surface area contributed by atoms with E-state index in [1.54, 1.807) is 19.1 Å². The summed E-state index contributed by atoms with van der Waals surface area (Å²) < 4.78 is 62.8. The summed E-state index contributed by atoms with van der Waals surface area (Å²) in [5.74, 6) is 0. The van der Waals surface area contributed by atoms with Crippen LogP contribution in [0.1, 0.15) is 13.3 Å². The van der Waals surface area contributed by atoms with Crippen LogP contribution in [0.2, 0.25) is 0 Å². The van der Waals surface area contributed by atoms with Gasteiger partial charge in [-0.15, -0.1) is 0 Å². The van der Waals surface area contributed by atoms with Crippen LogP contribution in [-0.2, 0) is 10.2 Å². The van der Waals surface area contributed by atoms with Crippen molar-refractivity contribution >= 4 is 21.6 Å². The van der Waals surface area contributed by atoms with Gasteiger partial charge in [0, 0.05) is 6.54 Å². The Morgan fingerprint density at radius 3 is 2.40 bits per heavy atom. The minimum Gasteiger partial charge on any atom is -0.397 e. The fourth-order valence-corrected chi connectivity index (χ4v) is 2.89. The normalized spacial score (nSPS) is 12.4. The lowest BCUT2D eigenvalue weighted by atomic mass is 10.2. The molecule has 0 saturated carbocycles. The van der Waals surface area contributed by atoms with Gasteiger partial charge in [0.25, 0.3) is 0 Å². The van der Waals surface area contributed by atoms with E-state index in [0.717, 1.165) is 4.31 Å². The molecular formula is C11H16F3N3O2S. The molecule has 0 aromatic heterocycles. The van der Waals surface area contributed by atoms with Gasteiger partial charge in [0.15, 0.2) is 0 Å². The smallest absolute Gasteiger partial charge is 0.397 e. The maximum absolute atomic E-state index is 12.1. The molecule has 0 atom stereocenters. The van der Waals surface area contributed by atoms with Crippen LogP contribution in [-0.4, -0.2) is 27.7 Å². The number of alkyl halides is 3. The number of anilines is 2. The summed E-state index contributed by atoms with van der Waals surface area (Å²) in [6.07, 6.45) is -4.19. The van der Waals surface area contributed by atoms with Gasteiger partial charge in [-0.25, -0.2) is 0 Å². The summed E-state index contributed by atoms with van der Waals surface area (Å²) in [6.45, 7) is 0.120. The quantitative estimate of drug-likeness (QED) is 0.788. The van der Waals surface area contributed by atoms with Gasteiger partial charge in [0.2, 0.25) is 0 Å². The third kappa shape index (κ3) is 4.57. The van der Waals surface area contributed by atoms with Gasteiger partial charge in [-0.2, -0.15) is 26.3 Å². The first kappa shape index (κ1) is 16.6. The van der Waals surface area contributed by atoms with E-state index in [2.05, 4.69) is 0 Å². The van der Waals surface area contributed by atoms with Crippen LogP contribution >= 0.6 is 0 Å². The number of hydrogen-bond acceptors (Lipinski definition) is 3. The van der Waals surface area contributed by atoms with Crippen LogP contribution in [0.3, 0.4) is 0 Å². The van der Waals surface area contributed by atoms with Gasteiger partial charge in [-0.1, -0.05) is 19.1 Å². The Bertz CT molecular complexity index is 546. The lowest BCUT2D eigenvalue weighted by Crippen LogP contribution is -2.45. The van der Waals surface area contributed by atoms with Gasteiger partial charge in [-0.05, 0) is 18.6 Å². The average molecular weight is 311 g/mol. The molecule has 0 unspecified atom stereocenters. The van der Waals surface area contributed by atoms with E-state index in [-0.39, 0.29) is 17.9 Å². The molecule has 0 aliphatic carbocycles. The number of nitrogens with one attached hydrogen (secondary N) is 1. The molecule has 1 aromatic carbocycles. The van der Waals surface area contributed by atoms with Crippen LogP contribution in [0.25, 0.3) is 0 Å². The summed E-state index contributed by atoms with van der Waals surface area (Å²) in [6, 6.07) is 6.10.